The van der Waals surface area contributed by atoms with Gasteiger partial charge in [0.2, 0.25) is 0 Å². The zero-order valence-electron chi connectivity index (χ0n) is 16.0. The van der Waals surface area contributed by atoms with Crippen molar-refractivity contribution in [1.29, 1.82) is 0 Å². The molecule has 0 unspecified atom stereocenters. The minimum atomic E-state index is -0.472. The molecule has 0 aromatic heterocycles. The number of hydrogen-bond acceptors (Lipinski definition) is 2. The number of benzene rings is 2. The van der Waals surface area contributed by atoms with E-state index in [0.29, 0.717) is 11.1 Å². The fourth-order valence-corrected chi connectivity index (χ4v) is 1.81. The number of rotatable bonds is 2. The molecule has 5 heteroatoms. The summed E-state index contributed by atoms with van der Waals surface area (Å²) in [5.74, 6) is 0.347. The van der Waals surface area contributed by atoms with E-state index in [1.54, 1.807) is 24.3 Å². The Bertz CT molecular complexity index is 691. The molecule has 0 amide bonds. The van der Waals surface area contributed by atoms with Crippen LogP contribution >= 0.6 is 0 Å². The summed E-state index contributed by atoms with van der Waals surface area (Å²) in [6, 6.07) is 32.1. The molecule has 0 saturated heterocycles. The summed E-state index contributed by atoms with van der Waals surface area (Å²) < 4.78 is 23.6. The molecule has 0 bridgehead atoms. The van der Waals surface area contributed by atoms with Crippen LogP contribution in [0.3, 0.4) is 0 Å². The molecular formula is C24H24F2O2Zr. The van der Waals surface area contributed by atoms with Crippen LogP contribution in [-0.4, -0.2) is 10.2 Å². The number of phenols is 2. The first kappa shape index (κ1) is 26.5. The maximum atomic E-state index is 11.8. The molecule has 150 valence electrons. The van der Waals surface area contributed by atoms with Crippen LogP contribution in [-0.2, 0) is 39.6 Å². The second-order valence-corrected chi connectivity index (χ2v) is 5.52. The van der Waals surface area contributed by atoms with Crippen molar-refractivity contribution in [3.63, 3.8) is 0 Å². The molecule has 2 N–H and O–H groups in total. The van der Waals surface area contributed by atoms with Crippen LogP contribution in [0.25, 0.3) is 0 Å². The topological polar surface area (TPSA) is 40.5 Å². The van der Waals surface area contributed by atoms with Crippen molar-refractivity contribution in [2.75, 3.05) is 0 Å². The first-order valence-corrected chi connectivity index (χ1v) is 8.66. The van der Waals surface area contributed by atoms with Gasteiger partial charge in [-0.25, -0.2) is 33.0 Å². The molecule has 0 heterocycles. The van der Waals surface area contributed by atoms with E-state index in [9.17, 15) is 8.78 Å². The number of hydrogen-bond donors (Lipinski definition) is 2. The van der Waals surface area contributed by atoms with Gasteiger partial charge in [-0.2, -0.15) is 36.4 Å². The van der Waals surface area contributed by atoms with Gasteiger partial charge in [-0.15, -0.1) is 0 Å². The Morgan fingerprint density at radius 2 is 0.828 bits per heavy atom. The Hall–Kier alpha value is -2.52. The molecule has 4 aromatic carbocycles. The zero-order chi connectivity index (χ0) is 20.5. The fourth-order valence-electron chi connectivity index (χ4n) is 1.81. The van der Waals surface area contributed by atoms with Crippen LogP contribution in [0.1, 0.15) is 11.1 Å². The van der Waals surface area contributed by atoms with E-state index >= 15 is 0 Å². The predicted octanol–water partition coefficient (Wildman–Crippen LogP) is 6.53. The van der Waals surface area contributed by atoms with E-state index in [2.05, 4.69) is 0 Å². The smallest absolute Gasteiger partial charge is 0.508 e. The second-order valence-electron chi connectivity index (χ2n) is 5.52. The number of halogens is 2. The Balaban J connectivity index is 0.000000369. The number of aromatic hydroxyl groups is 2. The van der Waals surface area contributed by atoms with Gasteiger partial charge < -0.3 is 10.2 Å². The van der Waals surface area contributed by atoms with Crippen LogP contribution in [0.15, 0.2) is 109 Å². The Labute approximate surface area is 189 Å². The summed E-state index contributed by atoms with van der Waals surface area (Å²) in [6.07, 6.45) is 0. The van der Waals surface area contributed by atoms with Gasteiger partial charge in [0.25, 0.3) is 0 Å². The summed E-state index contributed by atoms with van der Waals surface area (Å²) in [5.41, 5.74) is 1.18. The molecule has 0 atom stereocenters. The van der Waals surface area contributed by atoms with Gasteiger partial charge in [-0.1, -0.05) is 24.3 Å². The molecule has 0 aliphatic rings. The molecule has 2 nitrogen and oxygen atoms in total. The normalized spacial score (nSPS) is 8.62. The predicted molar refractivity (Wildman–Crippen MR) is 110 cm³/mol. The fraction of sp³-hybridized carbons (Fsp3) is 0.0833. The third-order valence-corrected chi connectivity index (χ3v) is 3.29. The molecule has 0 fully saturated rings. The molecule has 29 heavy (non-hydrogen) atoms. The van der Waals surface area contributed by atoms with E-state index in [-0.39, 0.29) is 37.7 Å². The van der Waals surface area contributed by atoms with Crippen LogP contribution < -0.4 is 0 Å². The van der Waals surface area contributed by atoms with Crippen molar-refractivity contribution >= 4 is 0 Å². The van der Waals surface area contributed by atoms with E-state index in [4.69, 9.17) is 10.2 Å². The maximum absolute atomic E-state index is 11.8. The molecule has 4 aromatic rings. The SMILES string of the molecule is Oc1ccc(CF)cc1.Oc1ccc(CF)cc1.[Zr+2].c1cc[cH-]c1.c1cc[cH-]c1. The molecular weight excluding hydrogens is 449 g/mol. The van der Waals surface area contributed by atoms with E-state index in [0.717, 1.165) is 0 Å². The van der Waals surface area contributed by atoms with Crippen molar-refractivity contribution in [3.05, 3.63) is 120 Å². The maximum Gasteiger partial charge on any atom is 2.00 e. The van der Waals surface area contributed by atoms with Gasteiger partial charge in [0.1, 0.15) is 24.8 Å². The average molecular weight is 474 g/mol. The average Bonchev–Trinajstić information content (AvgIpc) is 3.48. The second kappa shape index (κ2) is 17.6. The third-order valence-electron chi connectivity index (χ3n) is 3.29. The summed E-state index contributed by atoms with van der Waals surface area (Å²) in [5, 5.41) is 17.5. The van der Waals surface area contributed by atoms with Crippen molar-refractivity contribution in [3.8, 4) is 11.5 Å². The third kappa shape index (κ3) is 14.2. The van der Waals surface area contributed by atoms with Crippen LogP contribution in [0.2, 0.25) is 0 Å². The van der Waals surface area contributed by atoms with Gasteiger partial charge in [0.05, 0.1) is 0 Å². The van der Waals surface area contributed by atoms with E-state index in [1.807, 2.05) is 60.7 Å². The number of alkyl halides is 2. The molecule has 0 aliphatic carbocycles. The van der Waals surface area contributed by atoms with Gasteiger partial charge in [-0.05, 0) is 35.4 Å². The summed E-state index contributed by atoms with van der Waals surface area (Å²) >= 11 is 0. The van der Waals surface area contributed by atoms with Gasteiger partial charge in [-0.3, -0.25) is 0 Å². The minimum Gasteiger partial charge on any atom is -0.508 e. The first-order valence-electron chi connectivity index (χ1n) is 8.66. The quantitative estimate of drug-likeness (QED) is 0.325. The van der Waals surface area contributed by atoms with Crippen molar-refractivity contribution in [2.24, 2.45) is 0 Å². The van der Waals surface area contributed by atoms with Crippen LogP contribution in [0.4, 0.5) is 8.78 Å². The van der Waals surface area contributed by atoms with Crippen LogP contribution in [0, 0.1) is 0 Å². The minimum absolute atomic E-state index is 0. The molecule has 4 rings (SSSR count). The number of phenolic OH excluding ortho intramolecular Hbond substituents is 2. The Morgan fingerprint density at radius 3 is 1.00 bits per heavy atom. The van der Waals surface area contributed by atoms with Gasteiger partial charge in [0, 0.05) is 0 Å². The summed E-state index contributed by atoms with van der Waals surface area (Å²) in [4.78, 5) is 0. The van der Waals surface area contributed by atoms with E-state index < -0.39 is 13.3 Å². The monoisotopic (exact) mass is 472 g/mol. The van der Waals surface area contributed by atoms with Crippen molar-refractivity contribution in [2.45, 2.75) is 13.3 Å². The van der Waals surface area contributed by atoms with Gasteiger partial charge in [0.15, 0.2) is 0 Å². The molecule has 0 aliphatic heterocycles. The van der Waals surface area contributed by atoms with Gasteiger partial charge >= 0.3 is 26.2 Å². The Morgan fingerprint density at radius 1 is 0.552 bits per heavy atom. The van der Waals surface area contributed by atoms with Crippen LogP contribution in [0.5, 0.6) is 11.5 Å². The summed E-state index contributed by atoms with van der Waals surface area (Å²) in [6.45, 7) is -0.944. The molecule has 0 saturated carbocycles. The van der Waals surface area contributed by atoms with Crippen molar-refractivity contribution < 1.29 is 45.2 Å². The summed E-state index contributed by atoms with van der Waals surface area (Å²) in [7, 11) is 0. The van der Waals surface area contributed by atoms with Crippen molar-refractivity contribution in [1.82, 2.24) is 0 Å². The zero-order valence-corrected chi connectivity index (χ0v) is 18.4. The Kier molecular flexibility index (Phi) is 16.0. The molecule has 0 radical (unpaired) electrons. The first-order chi connectivity index (χ1) is 13.7. The standard InChI is InChI=1S/2C7H7FO.2C5H5.Zr/c2*8-5-6-1-3-7(9)4-2-6;2*1-2-4-5-3-1;/h2*1-4,9H,5H2;2*1-5H;/q;;2*-1;+2. The molecule has 0 spiro atoms. The largest absolute Gasteiger partial charge is 2.00 e. The van der Waals surface area contributed by atoms with E-state index in [1.165, 1.54) is 24.3 Å².